The number of imide groups is 1. The van der Waals surface area contributed by atoms with Crippen LogP contribution < -0.4 is 15.5 Å². The van der Waals surface area contributed by atoms with Gasteiger partial charge in [0.05, 0.1) is 5.69 Å². The maximum atomic E-state index is 14.3. The van der Waals surface area contributed by atoms with Crippen LogP contribution in [0, 0.1) is 5.82 Å². The molecule has 0 atom stereocenters. The first-order valence-electron chi connectivity index (χ1n) is 7.56. The molecule has 6 heteroatoms. The number of hydrogen-bond acceptors (Lipinski definition) is 4. The van der Waals surface area contributed by atoms with E-state index < -0.39 is 0 Å². The van der Waals surface area contributed by atoms with Gasteiger partial charge in [0.1, 0.15) is 5.82 Å². The fraction of sp³-hybridized carbons (Fsp3) is 0.500. The molecule has 0 unspecified atom stereocenters. The predicted octanol–water partition coefficient (Wildman–Crippen LogP) is 1.39. The van der Waals surface area contributed by atoms with Crippen molar-refractivity contribution in [3.8, 4) is 0 Å². The molecule has 1 heterocycles. The molecular formula is C16H22FN3O2. The molecule has 5 nitrogen and oxygen atoms in total. The van der Waals surface area contributed by atoms with E-state index in [9.17, 15) is 14.0 Å². The van der Waals surface area contributed by atoms with Crippen molar-refractivity contribution in [2.75, 3.05) is 31.6 Å². The van der Waals surface area contributed by atoms with Gasteiger partial charge in [-0.25, -0.2) is 4.39 Å². The van der Waals surface area contributed by atoms with Crippen LogP contribution in [-0.4, -0.2) is 39.0 Å². The summed E-state index contributed by atoms with van der Waals surface area (Å²) in [5.74, 6) is -0.226. The number of benzene rings is 1. The number of hydrogen-bond donors (Lipinski definition) is 2. The molecule has 1 fully saturated rings. The lowest BCUT2D eigenvalue weighted by molar-refractivity contribution is -0.125. The molecule has 0 spiro atoms. The number of anilines is 1. The zero-order valence-corrected chi connectivity index (χ0v) is 12.8. The van der Waals surface area contributed by atoms with E-state index in [0.717, 1.165) is 31.5 Å². The third kappa shape index (κ3) is 4.27. The standard InChI is InChI=1S/C16H22FN3O2/c1-20(9-6-16(22)19-11-21)15-3-2-13(10-14(15)17)12-4-7-18-8-5-12/h2-3,10-12,18H,4-9H2,1H3,(H,19,21,22). The van der Waals surface area contributed by atoms with E-state index in [1.807, 2.05) is 6.07 Å². The number of amides is 2. The van der Waals surface area contributed by atoms with E-state index in [4.69, 9.17) is 0 Å². The van der Waals surface area contributed by atoms with E-state index in [1.54, 1.807) is 24.1 Å². The van der Waals surface area contributed by atoms with E-state index in [2.05, 4.69) is 10.6 Å². The van der Waals surface area contributed by atoms with Crippen LogP contribution in [0.3, 0.4) is 0 Å². The average Bonchev–Trinajstić information content (AvgIpc) is 2.53. The van der Waals surface area contributed by atoms with Gasteiger partial charge in [0.2, 0.25) is 12.3 Å². The summed E-state index contributed by atoms with van der Waals surface area (Å²) < 4.78 is 14.3. The SMILES string of the molecule is CN(CCC(=O)NC=O)c1ccc(C2CCNCC2)cc1F. The number of nitrogens with one attached hydrogen (secondary N) is 2. The van der Waals surface area contributed by atoms with Crippen molar-refractivity contribution in [1.29, 1.82) is 0 Å². The molecule has 120 valence electrons. The normalized spacial score (nSPS) is 15.4. The lowest BCUT2D eigenvalue weighted by Crippen LogP contribution is -2.28. The molecule has 0 bridgehead atoms. The number of nitrogens with zero attached hydrogens (tertiary/aromatic N) is 1. The first kappa shape index (κ1) is 16.4. The molecule has 0 aliphatic carbocycles. The molecule has 1 aromatic carbocycles. The summed E-state index contributed by atoms with van der Waals surface area (Å²) in [7, 11) is 1.73. The van der Waals surface area contributed by atoms with Gasteiger partial charge in [-0.1, -0.05) is 6.07 Å². The average molecular weight is 307 g/mol. The molecule has 0 aromatic heterocycles. The van der Waals surface area contributed by atoms with Gasteiger partial charge in [0, 0.05) is 20.0 Å². The van der Waals surface area contributed by atoms with Crippen LogP contribution in [0.1, 0.15) is 30.7 Å². The minimum Gasteiger partial charge on any atom is -0.372 e. The summed E-state index contributed by atoms with van der Waals surface area (Å²) in [6, 6.07) is 5.34. The van der Waals surface area contributed by atoms with Crippen molar-refractivity contribution >= 4 is 18.0 Å². The first-order valence-corrected chi connectivity index (χ1v) is 7.56. The highest BCUT2D eigenvalue weighted by atomic mass is 19.1. The quantitative estimate of drug-likeness (QED) is 0.780. The highest BCUT2D eigenvalue weighted by Gasteiger charge is 2.17. The summed E-state index contributed by atoms with van der Waals surface area (Å²) in [6.07, 6.45) is 2.56. The maximum Gasteiger partial charge on any atom is 0.228 e. The third-order valence-electron chi connectivity index (χ3n) is 4.09. The van der Waals surface area contributed by atoms with Gasteiger partial charge in [-0.05, 0) is 49.5 Å². The lowest BCUT2D eigenvalue weighted by atomic mass is 9.90. The van der Waals surface area contributed by atoms with Gasteiger partial charge in [-0.3, -0.25) is 14.9 Å². The molecule has 1 aliphatic rings. The highest BCUT2D eigenvalue weighted by molar-refractivity contribution is 5.86. The second-order valence-corrected chi connectivity index (χ2v) is 5.59. The Balaban J connectivity index is 1.99. The highest BCUT2D eigenvalue weighted by Crippen LogP contribution is 2.29. The zero-order chi connectivity index (χ0) is 15.9. The number of rotatable bonds is 6. The van der Waals surface area contributed by atoms with Crippen molar-refractivity contribution in [2.24, 2.45) is 0 Å². The van der Waals surface area contributed by atoms with E-state index >= 15 is 0 Å². The Morgan fingerprint density at radius 2 is 2.18 bits per heavy atom. The third-order valence-corrected chi connectivity index (χ3v) is 4.09. The maximum absolute atomic E-state index is 14.3. The summed E-state index contributed by atoms with van der Waals surface area (Å²) in [4.78, 5) is 23.1. The van der Waals surface area contributed by atoms with Crippen molar-refractivity contribution in [3.63, 3.8) is 0 Å². The lowest BCUT2D eigenvalue weighted by Gasteiger charge is -2.25. The summed E-state index contributed by atoms with van der Waals surface area (Å²) >= 11 is 0. The van der Waals surface area contributed by atoms with E-state index in [1.165, 1.54) is 0 Å². The Morgan fingerprint density at radius 1 is 1.45 bits per heavy atom. The van der Waals surface area contributed by atoms with Gasteiger partial charge in [-0.15, -0.1) is 0 Å². The fourth-order valence-corrected chi connectivity index (χ4v) is 2.77. The van der Waals surface area contributed by atoms with Crippen LogP contribution in [0.15, 0.2) is 18.2 Å². The van der Waals surface area contributed by atoms with Crippen LogP contribution in [0.25, 0.3) is 0 Å². The minimum atomic E-state index is -0.367. The van der Waals surface area contributed by atoms with Gasteiger partial charge >= 0.3 is 0 Å². The Morgan fingerprint density at radius 3 is 2.82 bits per heavy atom. The Kier molecular flexibility index (Phi) is 5.89. The zero-order valence-electron chi connectivity index (χ0n) is 12.8. The van der Waals surface area contributed by atoms with Crippen LogP contribution in [0.4, 0.5) is 10.1 Å². The monoisotopic (exact) mass is 307 g/mol. The molecule has 0 saturated carbocycles. The molecule has 0 radical (unpaired) electrons. The number of piperidine rings is 1. The van der Waals surface area contributed by atoms with Crippen molar-refractivity contribution < 1.29 is 14.0 Å². The van der Waals surface area contributed by atoms with Crippen LogP contribution in [0.2, 0.25) is 0 Å². The van der Waals surface area contributed by atoms with Crippen LogP contribution in [-0.2, 0) is 9.59 Å². The topological polar surface area (TPSA) is 61.4 Å². The second-order valence-electron chi connectivity index (χ2n) is 5.59. The Hall–Kier alpha value is -1.95. The van der Waals surface area contributed by atoms with Crippen LogP contribution >= 0.6 is 0 Å². The molecule has 1 aliphatic heterocycles. The van der Waals surface area contributed by atoms with Crippen molar-refractivity contribution in [2.45, 2.75) is 25.2 Å². The fourth-order valence-electron chi connectivity index (χ4n) is 2.77. The Bertz CT molecular complexity index is 530. The molecule has 1 aromatic rings. The van der Waals surface area contributed by atoms with E-state index in [-0.39, 0.29) is 18.1 Å². The summed E-state index contributed by atoms with van der Waals surface area (Å²) in [6.45, 7) is 2.29. The van der Waals surface area contributed by atoms with Crippen molar-refractivity contribution in [1.82, 2.24) is 10.6 Å². The molecule has 1 saturated heterocycles. The largest absolute Gasteiger partial charge is 0.372 e. The number of halogens is 1. The smallest absolute Gasteiger partial charge is 0.228 e. The predicted molar refractivity (Wildman–Crippen MR) is 83.3 cm³/mol. The molecular weight excluding hydrogens is 285 g/mol. The molecule has 2 rings (SSSR count). The van der Waals surface area contributed by atoms with Crippen LogP contribution in [0.5, 0.6) is 0 Å². The number of carbonyl (C=O) groups excluding carboxylic acids is 2. The summed E-state index contributed by atoms with van der Waals surface area (Å²) in [5.41, 5.74) is 1.51. The first-order chi connectivity index (χ1) is 10.6. The number of carbonyl (C=O) groups is 2. The van der Waals surface area contributed by atoms with Gasteiger partial charge in [0.25, 0.3) is 0 Å². The van der Waals surface area contributed by atoms with Gasteiger partial charge in [-0.2, -0.15) is 0 Å². The Labute approximate surface area is 129 Å². The second kappa shape index (κ2) is 7.89. The minimum absolute atomic E-state index is 0.144. The van der Waals surface area contributed by atoms with Crippen molar-refractivity contribution in [3.05, 3.63) is 29.6 Å². The van der Waals surface area contributed by atoms with Gasteiger partial charge in [0.15, 0.2) is 0 Å². The van der Waals surface area contributed by atoms with E-state index in [0.29, 0.717) is 24.6 Å². The molecule has 2 amide bonds. The summed E-state index contributed by atoms with van der Waals surface area (Å²) in [5, 5.41) is 5.37. The molecule has 22 heavy (non-hydrogen) atoms. The molecule has 2 N–H and O–H groups in total. The van der Waals surface area contributed by atoms with Gasteiger partial charge < -0.3 is 10.2 Å².